The normalized spacial score (nSPS) is 20.9. The molecule has 0 N–H and O–H groups in total. The van der Waals surface area contributed by atoms with E-state index in [0.29, 0.717) is 6.54 Å². The molecular weight excluding hydrogens is 360 g/mol. The van der Waals surface area contributed by atoms with Crippen molar-refractivity contribution >= 4 is 27.5 Å². The Morgan fingerprint density at radius 2 is 1.76 bits per heavy atom. The van der Waals surface area contributed by atoms with Gasteiger partial charge in [0, 0.05) is 13.1 Å². The second-order valence-corrected chi connectivity index (χ2v) is 8.59. The molecule has 0 bridgehead atoms. The van der Waals surface area contributed by atoms with E-state index in [1.54, 1.807) is 23.1 Å². The summed E-state index contributed by atoms with van der Waals surface area (Å²) in [4.78, 5) is 14.4. The average molecular weight is 377 g/mol. The van der Waals surface area contributed by atoms with Crippen molar-refractivity contribution < 1.29 is 13.2 Å². The maximum Gasteiger partial charge on any atom is 0.245 e. The van der Waals surface area contributed by atoms with Gasteiger partial charge in [-0.2, -0.15) is 4.31 Å². The molecule has 130 valence electrons. The quantitative estimate of drug-likeness (QED) is 0.809. The summed E-state index contributed by atoms with van der Waals surface area (Å²) in [6.07, 6.45) is 0.801. The maximum atomic E-state index is 13.0. The molecule has 1 amide bonds. The van der Waals surface area contributed by atoms with Gasteiger partial charge < -0.3 is 4.90 Å². The number of sulfonamides is 1. The number of hydrogen-bond donors (Lipinski definition) is 0. The van der Waals surface area contributed by atoms with Crippen molar-refractivity contribution in [3.8, 4) is 0 Å². The first-order chi connectivity index (χ1) is 12.0. The van der Waals surface area contributed by atoms with Gasteiger partial charge in [0.15, 0.2) is 0 Å². The first-order valence-corrected chi connectivity index (χ1v) is 9.92. The summed E-state index contributed by atoms with van der Waals surface area (Å²) < 4.78 is 27.3. The van der Waals surface area contributed by atoms with E-state index < -0.39 is 10.0 Å². The Kier molecular flexibility index (Phi) is 4.06. The van der Waals surface area contributed by atoms with Crippen LogP contribution in [0.5, 0.6) is 0 Å². The zero-order valence-electron chi connectivity index (χ0n) is 13.4. The van der Waals surface area contributed by atoms with Crippen LogP contribution in [0.3, 0.4) is 0 Å². The zero-order chi connectivity index (χ0) is 17.6. The number of piperazine rings is 1. The van der Waals surface area contributed by atoms with Crippen LogP contribution >= 0.6 is 11.6 Å². The number of fused-ring (bicyclic) bond motifs is 3. The minimum atomic E-state index is -3.82. The Bertz CT molecular complexity index is 945. The third kappa shape index (κ3) is 2.74. The number of nitrogens with zero attached hydrogens (tertiary/aromatic N) is 2. The van der Waals surface area contributed by atoms with E-state index in [9.17, 15) is 13.2 Å². The van der Waals surface area contributed by atoms with E-state index in [2.05, 4.69) is 0 Å². The molecule has 1 fully saturated rings. The van der Waals surface area contributed by atoms with Gasteiger partial charge in [-0.1, -0.05) is 48.0 Å². The molecule has 0 aliphatic carbocycles. The van der Waals surface area contributed by atoms with Crippen molar-refractivity contribution in [2.75, 3.05) is 19.6 Å². The molecule has 0 spiro atoms. The smallest absolute Gasteiger partial charge is 0.245 e. The van der Waals surface area contributed by atoms with Crippen LogP contribution in [0, 0.1) is 0 Å². The van der Waals surface area contributed by atoms with E-state index in [0.717, 1.165) is 12.0 Å². The number of hydrogen-bond acceptors (Lipinski definition) is 3. The summed E-state index contributed by atoms with van der Waals surface area (Å²) in [7, 11) is -3.82. The Balaban J connectivity index is 1.73. The highest BCUT2D eigenvalue weighted by molar-refractivity contribution is 7.89. The van der Waals surface area contributed by atoms with Gasteiger partial charge in [-0.25, -0.2) is 8.42 Å². The van der Waals surface area contributed by atoms with Crippen molar-refractivity contribution in [2.24, 2.45) is 0 Å². The third-order valence-corrected chi connectivity index (χ3v) is 7.19. The van der Waals surface area contributed by atoms with Gasteiger partial charge >= 0.3 is 0 Å². The third-order valence-electron chi connectivity index (χ3n) is 4.88. The Hall–Kier alpha value is -1.89. The number of rotatable bonds is 2. The average Bonchev–Trinajstić information content (AvgIpc) is 2.61. The van der Waals surface area contributed by atoms with Crippen molar-refractivity contribution in [1.29, 1.82) is 0 Å². The van der Waals surface area contributed by atoms with Crippen molar-refractivity contribution in [3.63, 3.8) is 0 Å². The lowest BCUT2D eigenvalue weighted by Crippen LogP contribution is -2.55. The molecule has 25 heavy (non-hydrogen) atoms. The summed E-state index contributed by atoms with van der Waals surface area (Å²) in [5.74, 6) is -0.165. The molecular formula is C18H17ClN2O3S. The van der Waals surface area contributed by atoms with E-state index in [1.807, 2.05) is 24.3 Å². The largest absolute Gasteiger partial charge is 0.333 e. The predicted molar refractivity (Wildman–Crippen MR) is 94.8 cm³/mol. The van der Waals surface area contributed by atoms with Crippen LogP contribution in [0.2, 0.25) is 5.02 Å². The van der Waals surface area contributed by atoms with Gasteiger partial charge in [-0.3, -0.25) is 4.79 Å². The summed E-state index contributed by atoms with van der Waals surface area (Å²) >= 11 is 6.08. The van der Waals surface area contributed by atoms with E-state index in [1.165, 1.54) is 15.9 Å². The molecule has 7 heteroatoms. The highest BCUT2D eigenvalue weighted by Gasteiger charge is 2.41. The number of amides is 1. The lowest BCUT2D eigenvalue weighted by molar-refractivity contribution is -0.138. The number of carbonyl (C=O) groups excluding carboxylic acids is 1. The molecule has 0 aromatic heterocycles. The summed E-state index contributed by atoms with van der Waals surface area (Å²) in [5, 5.41) is 0.168. The Labute approximate surface area is 151 Å². The minimum absolute atomic E-state index is 0.0435. The second kappa shape index (κ2) is 6.12. The van der Waals surface area contributed by atoms with Crippen LogP contribution in [-0.2, 0) is 21.2 Å². The van der Waals surface area contributed by atoms with Crippen molar-refractivity contribution in [2.45, 2.75) is 17.4 Å². The Morgan fingerprint density at radius 3 is 2.56 bits per heavy atom. The summed E-state index contributed by atoms with van der Waals surface area (Å²) in [6.45, 7) is 0.725. The van der Waals surface area contributed by atoms with Crippen LogP contribution in [-0.4, -0.2) is 43.2 Å². The topological polar surface area (TPSA) is 57.7 Å². The monoisotopic (exact) mass is 376 g/mol. The highest BCUT2D eigenvalue weighted by Crippen LogP contribution is 2.35. The maximum absolute atomic E-state index is 13.0. The van der Waals surface area contributed by atoms with E-state index in [4.69, 9.17) is 11.6 Å². The van der Waals surface area contributed by atoms with Gasteiger partial charge in [-0.05, 0) is 29.7 Å². The molecule has 2 aromatic rings. The molecule has 5 nitrogen and oxygen atoms in total. The molecule has 0 saturated carbocycles. The van der Waals surface area contributed by atoms with Gasteiger partial charge in [0.05, 0.1) is 17.6 Å². The molecule has 2 aliphatic rings. The number of halogens is 1. The predicted octanol–water partition coefficient (Wildman–Crippen LogP) is 2.47. The van der Waals surface area contributed by atoms with E-state index >= 15 is 0 Å². The number of carbonyl (C=O) groups is 1. The van der Waals surface area contributed by atoms with Gasteiger partial charge in [0.25, 0.3) is 0 Å². The second-order valence-electron chi connectivity index (χ2n) is 6.28. The lowest BCUT2D eigenvalue weighted by Gasteiger charge is -2.44. The van der Waals surface area contributed by atoms with Gasteiger partial charge in [0.2, 0.25) is 15.9 Å². The minimum Gasteiger partial charge on any atom is -0.333 e. The van der Waals surface area contributed by atoms with Crippen LogP contribution in [0.1, 0.15) is 17.2 Å². The molecule has 0 unspecified atom stereocenters. The van der Waals surface area contributed by atoms with Crippen LogP contribution < -0.4 is 0 Å². The van der Waals surface area contributed by atoms with Crippen LogP contribution in [0.25, 0.3) is 0 Å². The molecule has 2 heterocycles. The van der Waals surface area contributed by atoms with E-state index in [-0.39, 0.29) is 35.0 Å². The zero-order valence-corrected chi connectivity index (χ0v) is 15.0. The lowest BCUT2D eigenvalue weighted by atomic mass is 9.91. The summed E-state index contributed by atoms with van der Waals surface area (Å²) in [5.41, 5.74) is 2.20. The van der Waals surface area contributed by atoms with Crippen molar-refractivity contribution in [1.82, 2.24) is 9.21 Å². The summed E-state index contributed by atoms with van der Waals surface area (Å²) in [6, 6.07) is 14.0. The fourth-order valence-electron chi connectivity index (χ4n) is 3.62. The molecule has 1 atom stereocenters. The molecule has 0 radical (unpaired) electrons. The van der Waals surface area contributed by atoms with Crippen LogP contribution in [0.4, 0.5) is 0 Å². The standard InChI is InChI=1S/C18H17ClN2O3S/c19-15-7-3-4-8-17(15)25(23,24)20-11-16-14-6-2-1-5-13(14)9-10-21(16)18(22)12-20/h1-8,16H,9-12H2/t16-/m0/s1. The first-order valence-electron chi connectivity index (χ1n) is 8.10. The molecule has 2 aromatic carbocycles. The highest BCUT2D eigenvalue weighted by atomic mass is 35.5. The van der Waals surface area contributed by atoms with Crippen molar-refractivity contribution in [3.05, 3.63) is 64.7 Å². The fraction of sp³-hybridized carbons (Fsp3) is 0.278. The van der Waals surface area contributed by atoms with Gasteiger partial charge in [0.1, 0.15) is 4.90 Å². The molecule has 1 saturated heterocycles. The molecule has 2 aliphatic heterocycles. The Morgan fingerprint density at radius 1 is 1.04 bits per heavy atom. The fourth-order valence-corrected chi connectivity index (χ4v) is 5.51. The number of benzene rings is 2. The first kappa shape index (κ1) is 16.6. The van der Waals surface area contributed by atoms with Crippen LogP contribution in [0.15, 0.2) is 53.4 Å². The van der Waals surface area contributed by atoms with Gasteiger partial charge in [-0.15, -0.1) is 0 Å². The molecule has 4 rings (SSSR count). The SMILES string of the molecule is O=C1CN(S(=O)(=O)c2ccccc2Cl)C[C@H]2c3ccccc3CCN12.